The van der Waals surface area contributed by atoms with Gasteiger partial charge in [0.25, 0.3) is 0 Å². The van der Waals surface area contributed by atoms with Gasteiger partial charge in [-0.25, -0.2) is 4.79 Å². The molecule has 0 radical (unpaired) electrons. The van der Waals surface area contributed by atoms with Crippen molar-refractivity contribution in [2.75, 3.05) is 18.4 Å². The van der Waals surface area contributed by atoms with E-state index >= 15 is 0 Å². The highest BCUT2D eigenvalue weighted by atomic mass is 16.2. The number of carbonyl (C=O) groups excluding carboxylic acids is 1. The van der Waals surface area contributed by atoms with Crippen molar-refractivity contribution in [2.24, 2.45) is 0 Å². The van der Waals surface area contributed by atoms with Crippen LogP contribution in [0.4, 0.5) is 10.5 Å². The van der Waals surface area contributed by atoms with Gasteiger partial charge in [-0.3, -0.25) is 9.88 Å². The Morgan fingerprint density at radius 1 is 0.970 bits per heavy atom. The number of benzene rings is 3. The first-order valence-electron chi connectivity index (χ1n) is 11.4. The largest absolute Gasteiger partial charge is 0.334 e. The molecule has 0 spiro atoms. The molecule has 1 fully saturated rings. The average molecular weight is 437 g/mol. The lowest BCUT2D eigenvalue weighted by Crippen LogP contribution is -2.39. The molecular formula is C28H28N4O. The van der Waals surface area contributed by atoms with Crippen LogP contribution in [0.2, 0.25) is 0 Å². The van der Waals surface area contributed by atoms with E-state index in [-0.39, 0.29) is 12.1 Å². The predicted octanol–water partition coefficient (Wildman–Crippen LogP) is 5.61. The van der Waals surface area contributed by atoms with Gasteiger partial charge < -0.3 is 10.6 Å². The Hall–Kier alpha value is -3.70. The van der Waals surface area contributed by atoms with Gasteiger partial charge in [0, 0.05) is 36.8 Å². The summed E-state index contributed by atoms with van der Waals surface area (Å²) in [4.78, 5) is 19.7. The van der Waals surface area contributed by atoms with E-state index in [2.05, 4.69) is 69.0 Å². The summed E-state index contributed by atoms with van der Waals surface area (Å²) < 4.78 is 0. The van der Waals surface area contributed by atoms with Crippen LogP contribution in [-0.4, -0.2) is 35.0 Å². The number of aryl methyl sites for hydroxylation is 1. The number of likely N-dealkylation sites (tertiary alicyclic amines) is 1. The first kappa shape index (κ1) is 21.2. The molecule has 4 aromatic rings. The molecule has 1 atom stereocenters. The van der Waals surface area contributed by atoms with E-state index in [0.29, 0.717) is 0 Å². The van der Waals surface area contributed by atoms with E-state index < -0.39 is 0 Å². The molecule has 5 heteroatoms. The van der Waals surface area contributed by atoms with Gasteiger partial charge in [-0.2, -0.15) is 0 Å². The normalized spacial score (nSPS) is 16.1. The van der Waals surface area contributed by atoms with Crippen LogP contribution in [-0.2, 0) is 6.54 Å². The Bertz CT molecular complexity index is 1270. The Balaban J connectivity index is 1.19. The number of pyridine rings is 1. The van der Waals surface area contributed by atoms with Crippen LogP contribution in [0.3, 0.4) is 0 Å². The second kappa shape index (κ2) is 9.43. The number of urea groups is 1. The predicted molar refractivity (Wildman–Crippen MR) is 134 cm³/mol. The summed E-state index contributed by atoms with van der Waals surface area (Å²) in [5, 5.41) is 7.14. The third-order valence-electron chi connectivity index (χ3n) is 6.14. The van der Waals surface area contributed by atoms with Crippen molar-refractivity contribution in [3.8, 4) is 11.1 Å². The summed E-state index contributed by atoms with van der Waals surface area (Å²) in [5.74, 6) is 0. The van der Waals surface area contributed by atoms with Crippen LogP contribution >= 0.6 is 0 Å². The number of nitrogens with one attached hydrogen (secondary N) is 2. The number of anilines is 1. The molecule has 1 aromatic heterocycles. The quantitative estimate of drug-likeness (QED) is 0.428. The molecule has 33 heavy (non-hydrogen) atoms. The number of nitrogens with zero attached hydrogens (tertiary/aromatic N) is 2. The van der Waals surface area contributed by atoms with Crippen molar-refractivity contribution in [1.82, 2.24) is 15.2 Å². The second-order valence-electron chi connectivity index (χ2n) is 8.71. The topological polar surface area (TPSA) is 57.3 Å². The second-order valence-corrected chi connectivity index (χ2v) is 8.71. The molecule has 2 amide bonds. The van der Waals surface area contributed by atoms with Gasteiger partial charge in [0.1, 0.15) is 0 Å². The lowest BCUT2D eigenvalue weighted by atomic mass is 10.0. The van der Waals surface area contributed by atoms with Gasteiger partial charge in [-0.15, -0.1) is 0 Å². The number of fused-ring (bicyclic) bond motifs is 1. The van der Waals surface area contributed by atoms with Crippen molar-refractivity contribution in [3.63, 3.8) is 0 Å². The fourth-order valence-corrected chi connectivity index (χ4v) is 4.59. The molecule has 0 aliphatic carbocycles. The smallest absolute Gasteiger partial charge is 0.319 e. The Labute approximate surface area is 194 Å². The van der Waals surface area contributed by atoms with E-state index in [1.807, 2.05) is 43.3 Å². The SMILES string of the molecule is Cc1cc(NC(=O)N[C@H]2CCN(Cc3cccc(-c4ccccc4)c3)C2)c2ccccc2n1. The Kier molecular flexibility index (Phi) is 6.05. The number of amides is 2. The van der Waals surface area contributed by atoms with Crippen molar-refractivity contribution >= 4 is 22.6 Å². The van der Waals surface area contributed by atoms with E-state index in [0.717, 1.165) is 48.3 Å². The Morgan fingerprint density at radius 3 is 2.64 bits per heavy atom. The van der Waals surface area contributed by atoms with Gasteiger partial charge in [0.15, 0.2) is 0 Å². The third-order valence-corrected chi connectivity index (χ3v) is 6.14. The summed E-state index contributed by atoms with van der Waals surface area (Å²) in [5.41, 5.74) is 6.33. The van der Waals surface area contributed by atoms with Crippen LogP contribution in [0.25, 0.3) is 22.0 Å². The molecular weight excluding hydrogens is 408 g/mol. The van der Waals surface area contributed by atoms with E-state index in [1.54, 1.807) is 0 Å². The number of para-hydroxylation sites is 1. The van der Waals surface area contributed by atoms with Gasteiger partial charge in [0.2, 0.25) is 0 Å². The fourth-order valence-electron chi connectivity index (χ4n) is 4.59. The monoisotopic (exact) mass is 436 g/mol. The minimum atomic E-state index is -0.163. The molecule has 1 saturated heterocycles. The zero-order chi connectivity index (χ0) is 22.6. The highest BCUT2D eigenvalue weighted by molar-refractivity contribution is 6.00. The number of aromatic nitrogens is 1. The molecule has 1 aliphatic heterocycles. The van der Waals surface area contributed by atoms with Crippen molar-refractivity contribution < 1.29 is 4.79 Å². The molecule has 1 aliphatic rings. The van der Waals surface area contributed by atoms with Crippen molar-refractivity contribution in [2.45, 2.75) is 25.9 Å². The highest BCUT2D eigenvalue weighted by Gasteiger charge is 2.24. The molecule has 0 saturated carbocycles. The van der Waals surface area contributed by atoms with Gasteiger partial charge in [0.05, 0.1) is 11.2 Å². The van der Waals surface area contributed by atoms with Crippen LogP contribution in [0.1, 0.15) is 17.7 Å². The lowest BCUT2D eigenvalue weighted by Gasteiger charge is -2.18. The number of carbonyl (C=O) groups is 1. The summed E-state index contributed by atoms with van der Waals surface area (Å²) in [6, 6.07) is 28.9. The lowest BCUT2D eigenvalue weighted by molar-refractivity contribution is 0.247. The zero-order valence-electron chi connectivity index (χ0n) is 18.8. The standard InChI is InChI=1S/C28H28N4O/c1-20-16-27(25-12-5-6-13-26(25)29-20)31-28(33)30-24-14-15-32(19-24)18-21-8-7-11-23(17-21)22-9-3-2-4-10-22/h2-13,16-17,24H,14-15,18-19H2,1H3,(H2,29,30,31,33)/t24-/m0/s1. The minimum Gasteiger partial charge on any atom is -0.334 e. The molecule has 2 heterocycles. The van der Waals surface area contributed by atoms with E-state index in [1.165, 1.54) is 16.7 Å². The molecule has 166 valence electrons. The van der Waals surface area contributed by atoms with E-state index in [4.69, 9.17) is 0 Å². The average Bonchev–Trinajstić information content (AvgIpc) is 3.26. The number of rotatable bonds is 5. The van der Waals surface area contributed by atoms with Gasteiger partial charge >= 0.3 is 6.03 Å². The van der Waals surface area contributed by atoms with Crippen molar-refractivity contribution in [1.29, 1.82) is 0 Å². The molecule has 0 bridgehead atoms. The maximum Gasteiger partial charge on any atom is 0.319 e. The van der Waals surface area contributed by atoms with Crippen molar-refractivity contribution in [3.05, 3.63) is 96.2 Å². The maximum absolute atomic E-state index is 12.7. The first-order chi connectivity index (χ1) is 16.1. The van der Waals surface area contributed by atoms with Gasteiger partial charge in [-0.1, -0.05) is 66.7 Å². The third kappa shape index (κ3) is 5.04. The van der Waals surface area contributed by atoms with Crippen LogP contribution in [0, 0.1) is 6.92 Å². The number of hydrogen-bond acceptors (Lipinski definition) is 3. The van der Waals surface area contributed by atoms with Crippen LogP contribution in [0.15, 0.2) is 84.9 Å². The zero-order valence-corrected chi connectivity index (χ0v) is 18.8. The minimum absolute atomic E-state index is 0.136. The summed E-state index contributed by atoms with van der Waals surface area (Å²) in [6.07, 6.45) is 0.946. The molecule has 0 unspecified atom stereocenters. The van der Waals surface area contributed by atoms with Gasteiger partial charge in [-0.05, 0) is 48.2 Å². The molecule has 2 N–H and O–H groups in total. The maximum atomic E-state index is 12.7. The summed E-state index contributed by atoms with van der Waals surface area (Å²) in [6.45, 7) is 4.64. The van der Waals surface area contributed by atoms with Crippen LogP contribution < -0.4 is 10.6 Å². The highest BCUT2D eigenvalue weighted by Crippen LogP contribution is 2.24. The summed E-state index contributed by atoms with van der Waals surface area (Å²) in [7, 11) is 0. The molecule has 3 aromatic carbocycles. The fraction of sp³-hybridized carbons (Fsp3) is 0.214. The first-order valence-corrected chi connectivity index (χ1v) is 11.4. The van der Waals surface area contributed by atoms with E-state index in [9.17, 15) is 4.79 Å². The van der Waals surface area contributed by atoms with Crippen LogP contribution in [0.5, 0.6) is 0 Å². The number of hydrogen-bond donors (Lipinski definition) is 2. The Morgan fingerprint density at radius 2 is 1.76 bits per heavy atom. The summed E-state index contributed by atoms with van der Waals surface area (Å²) >= 11 is 0. The molecule has 5 nitrogen and oxygen atoms in total. The molecule has 5 rings (SSSR count).